The van der Waals surface area contributed by atoms with Crippen molar-refractivity contribution in [2.24, 2.45) is 11.1 Å². The van der Waals surface area contributed by atoms with Gasteiger partial charge in [-0.15, -0.1) is 0 Å². The highest BCUT2D eigenvalue weighted by molar-refractivity contribution is 9.10. The molecule has 0 bridgehead atoms. The molecule has 0 saturated carbocycles. The lowest BCUT2D eigenvalue weighted by molar-refractivity contribution is 0.244. The van der Waals surface area contributed by atoms with Crippen molar-refractivity contribution in [1.82, 2.24) is 9.97 Å². The van der Waals surface area contributed by atoms with Crippen LogP contribution in [-0.4, -0.2) is 29.1 Å². The summed E-state index contributed by atoms with van der Waals surface area (Å²) in [4.78, 5) is 10.6. The zero-order valence-electron chi connectivity index (χ0n) is 9.65. The Bertz CT molecular complexity index is 380. The van der Waals surface area contributed by atoms with Crippen LogP contribution >= 0.6 is 15.9 Å². The average molecular weight is 285 g/mol. The lowest BCUT2D eigenvalue weighted by Crippen LogP contribution is -2.52. The Labute approximate surface area is 104 Å². The first-order valence-corrected chi connectivity index (χ1v) is 6.26. The molecule has 0 spiro atoms. The smallest absolute Gasteiger partial charge is 0.146 e. The van der Waals surface area contributed by atoms with Crippen LogP contribution < -0.4 is 10.6 Å². The summed E-state index contributed by atoms with van der Waals surface area (Å²) >= 11 is 3.49. The molecule has 1 saturated heterocycles. The number of anilines is 1. The highest BCUT2D eigenvalue weighted by atomic mass is 79.9. The fraction of sp³-hybridized carbons (Fsp3) is 0.636. The quantitative estimate of drug-likeness (QED) is 0.855. The van der Waals surface area contributed by atoms with Crippen LogP contribution in [0, 0.1) is 5.41 Å². The van der Waals surface area contributed by atoms with Gasteiger partial charge in [0, 0.05) is 25.3 Å². The van der Waals surface area contributed by atoms with Gasteiger partial charge >= 0.3 is 0 Å². The zero-order chi connectivity index (χ0) is 11.8. The van der Waals surface area contributed by atoms with E-state index in [0.717, 1.165) is 29.8 Å². The van der Waals surface area contributed by atoms with E-state index in [1.54, 1.807) is 12.5 Å². The fourth-order valence-corrected chi connectivity index (χ4v) is 2.56. The second kappa shape index (κ2) is 4.30. The topological polar surface area (TPSA) is 55.0 Å². The summed E-state index contributed by atoms with van der Waals surface area (Å²) in [5.41, 5.74) is 6.25. The summed E-state index contributed by atoms with van der Waals surface area (Å²) in [6.07, 6.45) is 4.37. The third kappa shape index (κ3) is 2.20. The molecule has 1 aromatic rings. The summed E-state index contributed by atoms with van der Waals surface area (Å²) in [5.74, 6) is 0.968. The average Bonchev–Trinajstić information content (AvgIpc) is 2.23. The first-order chi connectivity index (χ1) is 7.50. The summed E-state index contributed by atoms with van der Waals surface area (Å²) in [5, 5.41) is 0. The summed E-state index contributed by atoms with van der Waals surface area (Å²) in [6.45, 7) is 6.31. The number of halogens is 1. The second-order valence-corrected chi connectivity index (χ2v) is 5.85. The normalized spacial score (nSPS) is 24.5. The third-order valence-electron chi connectivity index (χ3n) is 3.26. The standard InChI is InChI=1S/C11H17BrN4/c1-11(2)6-16(4-3-9(11)13)10-8(12)5-14-7-15-10/h5,7,9H,3-4,6,13H2,1-2H3. The van der Waals surface area contributed by atoms with E-state index in [9.17, 15) is 0 Å². The molecule has 2 N–H and O–H groups in total. The Morgan fingerprint density at radius 1 is 1.56 bits per heavy atom. The van der Waals surface area contributed by atoms with Crippen LogP contribution in [0.5, 0.6) is 0 Å². The van der Waals surface area contributed by atoms with E-state index in [1.165, 1.54) is 0 Å². The van der Waals surface area contributed by atoms with Gasteiger partial charge in [-0.2, -0.15) is 0 Å². The van der Waals surface area contributed by atoms with Gasteiger partial charge in [-0.25, -0.2) is 9.97 Å². The SMILES string of the molecule is CC1(C)CN(c2ncncc2Br)CCC1N. The molecule has 88 valence electrons. The van der Waals surface area contributed by atoms with Crippen molar-refractivity contribution >= 4 is 21.7 Å². The predicted molar refractivity (Wildman–Crippen MR) is 68.3 cm³/mol. The minimum atomic E-state index is 0.128. The molecule has 0 radical (unpaired) electrons. The Kier molecular flexibility index (Phi) is 3.17. The molecule has 0 aliphatic carbocycles. The lowest BCUT2D eigenvalue weighted by Gasteiger charge is -2.43. The molecule has 5 heteroatoms. The largest absolute Gasteiger partial charge is 0.355 e. The maximum absolute atomic E-state index is 6.12. The summed E-state index contributed by atoms with van der Waals surface area (Å²) in [6, 6.07) is 0.268. The van der Waals surface area contributed by atoms with E-state index in [2.05, 4.69) is 44.6 Å². The van der Waals surface area contributed by atoms with Gasteiger partial charge in [0.15, 0.2) is 0 Å². The van der Waals surface area contributed by atoms with Crippen LogP contribution in [0.2, 0.25) is 0 Å². The molecule has 1 unspecified atom stereocenters. The van der Waals surface area contributed by atoms with Crippen molar-refractivity contribution in [2.45, 2.75) is 26.3 Å². The maximum Gasteiger partial charge on any atom is 0.146 e. The van der Waals surface area contributed by atoms with E-state index in [4.69, 9.17) is 5.73 Å². The van der Waals surface area contributed by atoms with E-state index >= 15 is 0 Å². The molecule has 1 fully saturated rings. The molecule has 1 aliphatic heterocycles. The van der Waals surface area contributed by atoms with Gasteiger partial charge in [-0.3, -0.25) is 0 Å². The van der Waals surface area contributed by atoms with Gasteiger partial charge in [-0.05, 0) is 27.8 Å². The number of nitrogens with zero attached hydrogens (tertiary/aromatic N) is 3. The number of hydrogen-bond donors (Lipinski definition) is 1. The highest BCUT2D eigenvalue weighted by Crippen LogP contribution is 2.32. The number of piperidine rings is 1. The molecule has 1 atom stereocenters. The van der Waals surface area contributed by atoms with Crippen molar-refractivity contribution in [3.05, 3.63) is 17.0 Å². The summed E-state index contributed by atoms with van der Waals surface area (Å²) in [7, 11) is 0. The van der Waals surface area contributed by atoms with Gasteiger partial charge < -0.3 is 10.6 Å². The monoisotopic (exact) mass is 284 g/mol. The van der Waals surface area contributed by atoms with Crippen molar-refractivity contribution in [3.8, 4) is 0 Å². The van der Waals surface area contributed by atoms with Gasteiger partial charge in [0.1, 0.15) is 12.1 Å². The van der Waals surface area contributed by atoms with Crippen LogP contribution in [0.3, 0.4) is 0 Å². The number of aromatic nitrogens is 2. The first kappa shape index (κ1) is 11.8. The minimum absolute atomic E-state index is 0.128. The fourth-order valence-electron chi connectivity index (χ4n) is 2.09. The van der Waals surface area contributed by atoms with Crippen molar-refractivity contribution in [2.75, 3.05) is 18.0 Å². The molecule has 2 rings (SSSR count). The van der Waals surface area contributed by atoms with Crippen LogP contribution in [0.25, 0.3) is 0 Å². The third-order valence-corrected chi connectivity index (χ3v) is 3.82. The van der Waals surface area contributed by atoms with Crippen molar-refractivity contribution in [3.63, 3.8) is 0 Å². The lowest BCUT2D eigenvalue weighted by atomic mass is 9.80. The van der Waals surface area contributed by atoms with Gasteiger partial charge in [0.2, 0.25) is 0 Å². The molecule has 4 nitrogen and oxygen atoms in total. The molecule has 0 aromatic carbocycles. The Morgan fingerprint density at radius 2 is 2.31 bits per heavy atom. The molecule has 16 heavy (non-hydrogen) atoms. The van der Waals surface area contributed by atoms with Gasteiger partial charge in [0.05, 0.1) is 4.47 Å². The molecular formula is C11H17BrN4. The molecule has 0 amide bonds. The molecular weight excluding hydrogens is 268 g/mol. The molecule has 1 aromatic heterocycles. The van der Waals surface area contributed by atoms with E-state index in [0.29, 0.717) is 0 Å². The number of nitrogens with two attached hydrogens (primary N) is 1. The Balaban J connectivity index is 2.21. The van der Waals surface area contributed by atoms with Crippen LogP contribution in [-0.2, 0) is 0 Å². The highest BCUT2D eigenvalue weighted by Gasteiger charge is 2.34. The van der Waals surface area contributed by atoms with Crippen molar-refractivity contribution < 1.29 is 0 Å². The second-order valence-electron chi connectivity index (χ2n) is 5.00. The first-order valence-electron chi connectivity index (χ1n) is 5.47. The Hall–Kier alpha value is -0.680. The van der Waals surface area contributed by atoms with E-state index in [-0.39, 0.29) is 11.5 Å². The van der Waals surface area contributed by atoms with E-state index in [1.807, 2.05) is 0 Å². The van der Waals surface area contributed by atoms with Gasteiger partial charge in [0.25, 0.3) is 0 Å². The van der Waals surface area contributed by atoms with Crippen LogP contribution in [0.4, 0.5) is 5.82 Å². The number of hydrogen-bond acceptors (Lipinski definition) is 4. The molecule has 2 heterocycles. The zero-order valence-corrected chi connectivity index (χ0v) is 11.2. The van der Waals surface area contributed by atoms with E-state index < -0.39 is 0 Å². The summed E-state index contributed by atoms with van der Waals surface area (Å²) < 4.78 is 0.946. The van der Waals surface area contributed by atoms with Crippen LogP contribution in [0.15, 0.2) is 17.0 Å². The minimum Gasteiger partial charge on any atom is -0.355 e. The Morgan fingerprint density at radius 3 is 2.94 bits per heavy atom. The number of rotatable bonds is 1. The predicted octanol–water partition coefficient (Wildman–Crippen LogP) is 1.80. The van der Waals surface area contributed by atoms with Gasteiger partial charge in [-0.1, -0.05) is 13.8 Å². The van der Waals surface area contributed by atoms with Crippen molar-refractivity contribution in [1.29, 1.82) is 0 Å². The molecule has 1 aliphatic rings. The maximum atomic E-state index is 6.12. The van der Waals surface area contributed by atoms with Crippen LogP contribution in [0.1, 0.15) is 20.3 Å².